The summed E-state index contributed by atoms with van der Waals surface area (Å²) < 4.78 is 17.8. The van der Waals surface area contributed by atoms with E-state index >= 15 is 0 Å². The Bertz CT molecular complexity index is 1270. The Morgan fingerprint density at radius 1 is 1.22 bits per heavy atom. The van der Waals surface area contributed by atoms with Gasteiger partial charge in [0.2, 0.25) is 6.79 Å². The molecule has 0 saturated heterocycles. The molecule has 1 N–H and O–H groups in total. The van der Waals surface area contributed by atoms with Gasteiger partial charge in [0.05, 0.1) is 25.2 Å². The quantitative estimate of drug-likeness (QED) is 0.410. The van der Waals surface area contributed by atoms with Gasteiger partial charge in [0.1, 0.15) is 0 Å². The lowest BCUT2D eigenvalue weighted by atomic mass is 10.1. The molecule has 11 heteroatoms. The molecule has 0 aliphatic carbocycles. The SMILES string of the molecule is COCCn1nnnc1CN(Cc1cccs1)Cc1cc2cc3c(cc2[nH]c1=O)OCO3. The van der Waals surface area contributed by atoms with Crippen molar-refractivity contribution in [2.24, 2.45) is 0 Å². The van der Waals surface area contributed by atoms with Crippen molar-refractivity contribution in [3.05, 3.63) is 62.3 Å². The standard InChI is InChI=1S/C21H22N6O4S/c1-29-5-4-27-20(23-24-25-27)12-26(11-16-3-2-6-32-16)10-15-7-14-8-18-19(31-13-30-18)9-17(14)22-21(15)28/h2-3,6-9H,4-5,10-13H2,1H3,(H,22,28). The Kier molecular flexibility index (Phi) is 5.84. The highest BCUT2D eigenvalue weighted by molar-refractivity contribution is 7.09. The largest absolute Gasteiger partial charge is 0.454 e. The Labute approximate surface area is 187 Å². The highest BCUT2D eigenvalue weighted by Gasteiger charge is 2.18. The molecule has 0 bridgehead atoms. The first-order valence-corrected chi connectivity index (χ1v) is 11.0. The molecular weight excluding hydrogens is 432 g/mol. The molecule has 0 unspecified atom stereocenters. The molecule has 1 aliphatic heterocycles. The van der Waals surface area contributed by atoms with Crippen molar-refractivity contribution in [2.75, 3.05) is 20.5 Å². The molecule has 0 atom stereocenters. The first-order chi connectivity index (χ1) is 15.7. The van der Waals surface area contributed by atoms with Gasteiger partial charge in [0.25, 0.3) is 5.56 Å². The maximum atomic E-state index is 12.9. The van der Waals surface area contributed by atoms with Crippen molar-refractivity contribution in [3.63, 3.8) is 0 Å². The van der Waals surface area contributed by atoms with Crippen LogP contribution in [0.2, 0.25) is 0 Å². The van der Waals surface area contributed by atoms with Crippen molar-refractivity contribution in [1.82, 2.24) is 30.1 Å². The van der Waals surface area contributed by atoms with Crippen LogP contribution in [0.3, 0.4) is 0 Å². The number of ether oxygens (including phenoxy) is 3. The number of fused-ring (bicyclic) bond motifs is 2. The number of aromatic amines is 1. The lowest BCUT2D eigenvalue weighted by molar-refractivity contribution is 0.174. The summed E-state index contributed by atoms with van der Waals surface area (Å²) in [6, 6.07) is 9.71. The van der Waals surface area contributed by atoms with E-state index in [0.29, 0.717) is 49.8 Å². The van der Waals surface area contributed by atoms with E-state index in [1.54, 1.807) is 29.2 Å². The van der Waals surface area contributed by atoms with Gasteiger partial charge < -0.3 is 19.2 Å². The first-order valence-electron chi connectivity index (χ1n) is 10.1. The van der Waals surface area contributed by atoms with Crippen LogP contribution >= 0.6 is 11.3 Å². The van der Waals surface area contributed by atoms with Crippen LogP contribution < -0.4 is 15.0 Å². The van der Waals surface area contributed by atoms with Gasteiger partial charge in [0, 0.05) is 42.1 Å². The van der Waals surface area contributed by atoms with E-state index in [1.807, 2.05) is 23.6 Å². The van der Waals surface area contributed by atoms with Crippen molar-refractivity contribution in [3.8, 4) is 11.5 Å². The van der Waals surface area contributed by atoms with Crippen LogP contribution in [0.25, 0.3) is 10.9 Å². The summed E-state index contributed by atoms with van der Waals surface area (Å²) in [5, 5.41) is 15.0. The summed E-state index contributed by atoms with van der Waals surface area (Å²) in [5.74, 6) is 2.05. The predicted molar refractivity (Wildman–Crippen MR) is 118 cm³/mol. The zero-order valence-electron chi connectivity index (χ0n) is 17.5. The Morgan fingerprint density at radius 3 is 2.91 bits per heavy atom. The highest BCUT2D eigenvalue weighted by atomic mass is 32.1. The summed E-state index contributed by atoms with van der Waals surface area (Å²) >= 11 is 1.68. The number of nitrogens with zero attached hydrogens (tertiary/aromatic N) is 5. The van der Waals surface area contributed by atoms with Crippen LogP contribution in [-0.2, 0) is 30.9 Å². The lowest BCUT2D eigenvalue weighted by Gasteiger charge is -2.21. The number of pyridine rings is 1. The third kappa shape index (κ3) is 4.35. The maximum Gasteiger partial charge on any atom is 0.252 e. The molecule has 166 valence electrons. The summed E-state index contributed by atoms with van der Waals surface area (Å²) in [4.78, 5) is 19.2. The van der Waals surface area contributed by atoms with E-state index in [4.69, 9.17) is 14.2 Å². The third-order valence-corrected chi connectivity index (χ3v) is 6.11. The number of tetrazole rings is 1. The van der Waals surface area contributed by atoms with Crippen molar-refractivity contribution < 1.29 is 14.2 Å². The van der Waals surface area contributed by atoms with E-state index in [2.05, 4.69) is 31.5 Å². The fraction of sp³-hybridized carbons (Fsp3) is 0.333. The fourth-order valence-electron chi connectivity index (χ4n) is 3.68. The van der Waals surface area contributed by atoms with Crippen molar-refractivity contribution >= 4 is 22.2 Å². The molecule has 32 heavy (non-hydrogen) atoms. The molecule has 0 saturated carbocycles. The molecule has 3 aromatic heterocycles. The molecule has 0 fully saturated rings. The van der Waals surface area contributed by atoms with Crippen LogP contribution in [0.4, 0.5) is 0 Å². The molecule has 4 aromatic rings. The topological polar surface area (TPSA) is 107 Å². The second kappa shape index (κ2) is 9.07. The molecule has 5 rings (SSSR count). The number of aromatic nitrogens is 5. The normalized spacial score (nSPS) is 12.8. The number of hydrogen-bond acceptors (Lipinski definition) is 9. The summed E-state index contributed by atoms with van der Waals surface area (Å²) in [5.41, 5.74) is 1.24. The fourth-order valence-corrected chi connectivity index (χ4v) is 4.42. The number of H-pyrrole nitrogens is 1. The van der Waals surface area contributed by atoms with E-state index in [0.717, 1.165) is 16.7 Å². The van der Waals surface area contributed by atoms with Gasteiger partial charge >= 0.3 is 0 Å². The Hall–Kier alpha value is -3.28. The van der Waals surface area contributed by atoms with Crippen LogP contribution in [0.5, 0.6) is 11.5 Å². The maximum absolute atomic E-state index is 12.9. The summed E-state index contributed by atoms with van der Waals surface area (Å²) in [6.07, 6.45) is 0. The molecule has 1 aliphatic rings. The first kappa shape index (κ1) is 20.6. The number of methoxy groups -OCH3 is 1. The van der Waals surface area contributed by atoms with Crippen LogP contribution in [0.15, 0.2) is 40.5 Å². The Balaban J connectivity index is 1.43. The minimum atomic E-state index is -0.133. The van der Waals surface area contributed by atoms with Gasteiger partial charge in [-0.2, -0.15) is 0 Å². The molecule has 1 aromatic carbocycles. The number of rotatable bonds is 9. The second-order valence-corrected chi connectivity index (χ2v) is 8.48. The number of nitrogens with one attached hydrogen (secondary N) is 1. The van der Waals surface area contributed by atoms with Gasteiger partial charge in [-0.15, -0.1) is 16.4 Å². The second-order valence-electron chi connectivity index (χ2n) is 7.45. The van der Waals surface area contributed by atoms with Gasteiger partial charge in [-0.25, -0.2) is 4.68 Å². The smallest absolute Gasteiger partial charge is 0.252 e. The van der Waals surface area contributed by atoms with Crippen LogP contribution in [-0.4, -0.2) is 50.6 Å². The zero-order chi connectivity index (χ0) is 21.9. The van der Waals surface area contributed by atoms with Crippen LogP contribution in [0.1, 0.15) is 16.3 Å². The van der Waals surface area contributed by atoms with Crippen molar-refractivity contribution in [1.29, 1.82) is 0 Å². The monoisotopic (exact) mass is 454 g/mol. The molecule has 0 radical (unpaired) electrons. The molecule has 4 heterocycles. The van der Waals surface area contributed by atoms with Crippen molar-refractivity contribution in [2.45, 2.75) is 26.2 Å². The van der Waals surface area contributed by atoms with Crippen LogP contribution in [0, 0.1) is 0 Å². The zero-order valence-corrected chi connectivity index (χ0v) is 18.3. The lowest BCUT2D eigenvalue weighted by Crippen LogP contribution is -2.28. The summed E-state index contributed by atoms with van der Waals surface area (Å²) in [6.45, 7) is 2.88. The van der Waals surface area contributed by atoms with E-state index in [9.17, 15) is 4.79 Å². The number of thiophene rings is 1. The number of hydrogen-bond donors (Lipinski definition) is 1. The Morgan fingerprint density at radius 2 is 2.09 bits per heavy atom. The van der Waals surface area contributed by atoms with E-state index in [1.165, 1.54) is 4.88 Å². The molecule has 0 spiro atoms. The summed E-state index contributed by atoms with van der Waals surface area (Å²) in [7, 11) is 1.64. The third-order valence-electron chi connectivity index (χ3n) is 5.25. The molecule has 0 amide bonds. The van der Waals surface area contributed by atoms with Gasteiger partial charge in [0.15, 0.2) is 17.3 Å². The average Bonchev–Trinajstić information content (AvgIpc) is 3.54. The van der Waals surface area contributed by atoms with E-state index in [-0.39, 0.29) is 12.4 Å². The van der Waals surface area contributed by atoms with Gasteiger partial charge in [-0.05, 0) is 34.0 Å². The molecule has 10 nitrogen and oxygen atoms in total. The van der Waals surface area contributed by atoms with Gasteiger partial charge in [-0.3, -0.25) is 9.69 Å². The highest BCUT2D eigenvalue weighted by Crippen LogP contribution is 2.35. The minimum absolute atomic E-state index is 0.133. The van der Waals surface area contributed by atoms with E-state index < -0.39 is 0 Å². The molecular formula is C21H22N6O4S. The predicted octanol–water partition coefficient (Wildman–Crippen LogP) is 2.15. The average molecular weight is 455 g/mol. The van der Waals surface area contributed by atoms with Gasteiger partial charge in [-0.1, -0.05) is 6.07 Å². The number of benzene rings is 1. The minimum Gasteiger partial charge on any atom is -0.454 e.